The summed E-state index contributed by atoms with van der Waals surface area (Å²) in [6, 6.07) is 7.93. The number of anilines is 2. The first-order chi connectivity index (χ1) is 24.8. The normalized spacial score (nSPS) is 15.0. The maximum absolute atomic E-state index is 13.2. The summed E-state index contributed by atoms with van der Waals surface area (Å²) in [6.45, 7) is 4.20. The van der Waals surface area contributed by atoms with Crippen molar-refractivity contribution in [3.8, 4) is 11.3 Å². The Labute approximate surface area is 298 Å². The van der Waals surface area contributed by atoms with Crippen LogP contribution in [0, 0.1) is 0 Å². The number of nitrogens with two attached hydrogens (primary N) is 1. The number of carbonyl (C=O) groups excluding carboxylic acids is 2. The van der Waals surface area contributed by atoms with Crippen LogP contribution in [0.5, 0.6) is 0 Å². The summed E-state index contributed by atoms with van der Waals surface area (Å²) in [5, 5.41) is 12.2. The van der Waals surface area contributed by atoms with E-state index in [-0.39, 0.29) is 35.6 Å². The van der Waals surface area contributed by atoms with Gasteiger partial charge in [0.25, 0.3) is 5.91 Å². The van der Waals surface area contributed by atoms with Gasteiger partial charge in [-0.05, 0) is 76.5 Å². The molecule has 1 atom stereocenters. The van der Waals surface area contributed by atoms with Crippen LogP contribution in [0.4, 0.5) is 29.6 Å². The fourth-order valence-corrected chi connectivity index (χ4v) is 6.12. The van der Waals surface area contributed by atoms with Crippen LogP contribution in [-0.2, 0) is 15.7 Å². The molecule has 52 heavy (non-hydrogen) atoms. The van der Waals surface area contributed by atoms with Crippen molar-refractivity contribution in [3.05, 3.63) is 77.5 Å². The Morgan fingerprint density at radius 1 is 1.15 bits per heavy atom. The van der Waals surface area contributed by atoms with Crippen molar-refractivity contribution >= 4 is 41.2 Å². The first-order valence-corrected chi connectivity index (χ1v) is 17.0. The van der Waals surface area contributed by atoms with Crippen molar-refractivity contribution in [3.63, 3.8) is 0 Å². The number of rotatable bonds is 13. The van der Waals surface area contributed by atoms with Gasteiger partial charge in [0.2, 0.25) is 0 Å². The molecule has 4 heterocycles. The third kappa shape index (κ3) is 9.23. The number of hydrogen-bond donors (Lipinski definition) is 3. The van der Waals surface area contributed by atoms with Crippen LogP contribution in [-0.4, -0.2) is 92.1 Å². The van der Waals surface area contributed by atoms with E-state index in [4.69, 9.17) is 15.5 Å². The van der Waals surface area contributed by atoms with Gasteiger partial charge in [0, 0.05) is 49.3 Å². The highest BCUT2D eigenvalue weighted by atomic mass is 19.4. The lowest BCUT2D eigenvalue weighted by Crippen LogP contribution is -2.38. The number of esters is 1. The van der Waals surface area contributed by atoms with Crippen LogP contribution >= 0.6 is 0 Å². The van der Waals surface area contributed by atoms with E-state index in [1.54, 1.807) is 25.3 Å². The molecule has 0 bridgehead atoms. The monoisotopic (exact) mass is 722 g/mol. The Hall–Kier alpha value is -5.51. The summed E-state index contributed by atoms with van der Waals surface area (Å²) in [5.41, 5.74) is 8.00. The highest BCUT2D eigenvalue weighted by Crippen LogP contribution is 2.35. The lowest BCUT2D eigenvalue weighted by molar-refractivity contribution is -0.143. The van der Waals surface area contributed by atoms with Crippen LogP contribution in [0.25, 0.3) is 22.9 Å². The van der Waals surface area contributed by atoms with E-state index < -0.39 is 23.7 Å². The fraction of sp³-hybridized carbons (Fsp3) is 0.389. The second-order valence-electron chi connectivity index (χ2n) is 12.5. The summed E-state index contributed by atoms with van der Waals surface area (Å²) < 4.78 is 46.3. The molecule has 13 nitrogen and oxygen atoms in total. The summed E-state index contributed by atoms with van der Waals surface area (Å²) in [6.07, 6.45) is 4.20. The van der Waals surface area contributed by atoms with Crippen molar-refractivity contribution in [1.82, 2.24) is 29.2 Å². The fourth-order valence-electron chi connectivity index (χ4n) is 6.12. The zero-order valence-corrected chi connectivity index (χ0v) is 28.9. The number of halogens is 3. The number of benzene rings is 1. The predicted octanol–water partition coefficient (Wildman–Crippen LogP) is 6.18. The van der Waals surface area contributed by atoms with E-state index in [0.717, 1.165) is 37.7 Å². The first-order valence-electron chi connectivity index (χ1n) is 17.0. The highest BCUT2D eigenvalue weighted by Gasteiger charge is 2.32. The first kappa shape index (κ1) is 37.7. The average Bonchev–Trinajstić information content (AvgIpc) is 3.53. The molecule has 0 aliphatic carbocycles. The molecule has 4 N–H and O–H groups in total. The average molecular weight is 723 g/mol. The summed E-state index contributed by atoms with van der Waals surface area (Å²) >= 11 is 0. The van der Waals surface area contributed by atoms with Gasteiger partial charge >= 0.3 is 18.2 Å². The molecule has 2 amide bonds. The van der Waals surface area contributed by atoms with Crippen molar-refractivity contribution in [1.29, 1.82) is 0 Å². The van der Waals surface area contributed by atoms with Crippen molar-refractivity contribution < 1.29 is 37.4 Å². The molecule has 5 rings (SSSR count). The SMILES string of the molecule is CCOC(=O)CCCCN(C)C/C=C/c1cnc(N)c2c(-c3ccc(C(=O)Nc4cc(C(F)(F)F)ccn4)cc3)nc([C@@H]3CCCN(C(=O)O)C3)n12. The Kier molecular flexibility index (Phi) is 12.1. The third-order valence-corrected chi connectivity index (χ3v) is 8.73. The van der Waals surface area contributed by atoms with Gasteiger partial charge in [-0.25, -0.2) is 19.7 Å². The Bertz CT molecular complexity index is 1930. The Morgan fingerprint density at radius 2 is 1.92 bits per heavy atom. The zero-order valence-electron chi connectivity index (χ0n) is 28.9. The van der Waals surface area contributed by atoms with E-state index in [0.29, 0.717) is 67.3 Å². The minimum atomic E-state index is -4.59. The second-order valence-corrected chi connectivity index (χ2v) is 12.5. The molecule has 276 valence electrons. The minimum absolute atomic E-state index is 0.177. The van der Waals surface area contributed by atoms with Gasteiger partial charge in [0.15, 0.2) is 0 Å². The van der Waals surface area contributed by atoms with Gasteiger partial charge in [-0.1, -0.05) is 18.2 Å². The molecule has 0 radical (unpaired) electrons. The number of imidazole rings is 1. The maximum atomic E-state index is 13.2. The quantitative estimate of drug-likeness (QED) is 0.107. The van der Waals surface area contributed by atoms with E-state index in [1.807, 2.05) is 23.6 Å². The number of hydrogen-bond acceptors (Lipinski definition) is 9. The third-order valence-electron chi connectivity index (χ3n) is 8.73. The van der Waals surface area contributed by atoms with Crippen LogP contribution < -0.4 is 11.1 Å². The standard InChI is InChI=1S/C36H41F3N8O5/c1-3-52-29(48)10-4-5-17-45(2)18-7-9-27-21-42-32(40)31-30(44-33(47(27)31)25-8-6-19-46(22-25)35(50)51)23-11-13-24(14-12-23)34(49)43-28-20-26(15-16-41-28)36(37,38)39/h7,9,11-16,20-21,25H,3-6,8,10,17-19,22H2,1-2H3,(H2,40,42)(H,50,51)(H,41,43,49)/b9-7+/t25-/m1/s1. The second kappa shape index (κ2) is 16.7. The number of piperidine rings is 1. The van der Waals surface area contributed by atoms with Gasteiger partial charge in [-0.3, -0.25) is 14.0 Å². The number of fused-ring (bicyclic) bond motifs is 1. The van der Waals surface area contributed by atoms with Crippen LogP contribution in [0.1, 0.15) is 72.4 Å². The number of carboxylic acid groups (broad SMARTS) is 1. The lowest BCUT2D eigenvalue weighted by atomic mass is 9.97. The summed E-state index contributed by atoms with van der Waals surface area (Å²) in [5.74, 6) is -0.508. The molecule has 1 aliphatic heterocycles. The van der Waals surface area contributed by atoms with Crippen molar-refractivity contribution in [2.45, 2.75) is 51.1 Å². The van der Waals surface area contributed by atoms with E-state index in [1.165, 1.54) is 17.0 Å². The van der Waals surface area contributed by atoms with Gasteiger partial charge < -0.3 is 30.7 Å². The molecular formula is C36H41F3N8O5. The lowest BCUT2D eigenvalue weighted by Gasteiger charge is -2.30. The van der Waals surface area contributed by atoms with E-state index in [9.17, 15) is 32.7 Å². The molecule has 16 heteroatoms. The molecule has 0 saturated carbocycles. The molecule has 1 aliphatic rings. The summed E-state index contributed by atoms with van der Waals surface area (Å²) in [7, 11) is 1.98. The van der Waals surface area contributed by atoms with Crippen LogP contribution in [0.3, 0.4) is 0 Å². The summed E-state index contributed by atoms with van der Waals surface area (Å²) in [4.78, 5) is 53.3. The van der Waals surface area contributed by atoms with Gasteiger partial charge in [0.05, 0.1) is 24.1 Å². The van der Waals surface area contributed by atoms with E-state index in [2.05, 4.69) is 20.2 Å². The molecule has 0 spiro atoms. The Balaban J connectivity index is 1.42. The number of aromatic nitrogens is 4. The number of amides is 2. The van der Waals surface area contributed by atoms with Crippen molar-refractivity contribution in [2.75, 3.05) is 50.9 Å². The number of likely N-dealkylation sites (N-methyl/N-ethyl adjacent to an activating group) is 1. The largest absolute Gasteiger partial charge is 0.466 e. The number of nitrogens with one attached hydrogen (secondary N) is 1. The number of ether oxygens (including phenoxy) is 1. The van der Waals surface area contributed by atoms with E-state index >= 15 is 0 Å². The smallest absolute Gasteiger partial charge is 0.416 e. The molecule has 4 aromatic rings. The number of alkyl halides is 3. The molecular weight excluding hydrogens is 681 g/mol. The molecule has 1 aromatic carbocycles. The van der Waals surface area contributed by atoms with Crippen LogP contribution in [0.15, 0.2) is 54.9 Å². The van der Waals surface area contributed by atoms with Gasteiger partial charge in [0.1, 0.15) is 28.7 Å². The molecule has 3 aromatic heterocycles. The molecule has 1 saturated heterocycles. The van der Waals surface area contributed by atoms with Crippen LogP contribution in [0.2, 0.25) is 0 Å². The number of carbonyl (C=O) groups is 3. The van der Waals surface area contributed by atoms with Gasteiger partial charge in [-0.15, -0.1) is 0 Å². The topological polar surface area (TPSA) is 168 Å². The number of likely N-dealkylation sites (tertiary alicyclic amines) is 1. The highest BCUT2D eigenvalue weighted by molar-refractivity contribution is 6.04. The number of pyridine rings is 1. The zero-order chi connectivity index (χ0) is 37.4. The van der Waals surface area contributed by atoms with Gasteiger partial charge in [-0.2, -0.15) is 13.2 Å². The molecule has 0 unspecified atom stereocenters. The number of unbranched alkanes of at least 4 members (excludes halogenated alkanes) is 1. The Morgan fingerprint density at radius 3 is 2.63 bits per heavy atom. The minimum Gasteiger partial charge on any atom is -0.466 e. The van der Waals surface area contributed by atoms with Crippen molar-refractivity contribution in [2.24, 2.45) is 0 Å². The number of nitrogens with zero attached hydrogens (tertiary/aromatic N) is 6. The predicted molar refractivity (Wildman–Crippen MR) is 189 cm³/mol. The molecule has 1 fully saturated rings. The maximum Gasteiger partial charge on any atom is 0.416 e. The number of nitrogen functional groups attached to an aromatic ring is 1.